The number of rotatable bonds is 14. The molecular weight excluding hydrogens is 679 g/mol. The number of carbonyl (C=O) groups excluding carboxylic acids is 2. The molecule has 6 aromatic carbocycles. The molecule has 6 aromatic rings. The number of hydrogen-bond donors (Lipinski definition) is 3. The van der Waals surface area contributed by atoms with Crippen LogP contribution in [0.25, 0.3) is 0 Å². The predicted octanol–water partition coefficient (Wildman–Crippen LogP) is 8.94. The van der Waals surface area contributed by atoms with Crippen LogP contribution in [0.3, 0.4) is 0 Å². The van der Waals surface area contributed by atoms with Crippen molar-refractivity contribution >= 4 is 34.0 Å². The summed E-state index contributed by atoms with van der Waals surface area (Å²) >= 11 is 1.67. The van der Waals surface area contributed by atoms with E-state index in [9.17, 15) is 9.59 Å². The van der Waals surface area contributed by atoms with Gasteiger partial charge in [0.1, 0.15) is 10.00 Å². The largest absolute Gasteiger partial charge is 0.358 e. The zero-order valence-electron chi connectivity index (χ0n) is 29.5. The van der Waals surface area contributed by atoms with Crippen molar-refractivity contribution in [3.63, 3.8) is 0 Å². The lowest BCUT2D eigenvalue weighted by atomic mass is 9.84. The first-order valence-corrected chi connectivity index (χ1v) is 20.2. The summed E-state index contributed by atoms with van der Waals surface area (Å²) in [6.45, 7) is 1.82. The van der Waals surface area contributed by atoms with E-state index in [0.717, 1.165) is 33.4 Å². The smallest absolute Gasteiger partial charge is 0.235 e. The molecule has 6 rings (SSSR count). The highest BCUT2D eigenvalue weighted by molar-refractivity contribution is 8.33. The van der Waals surface area contributed by atoms with Gasteiger partial charge < -0.3 is 10.0 Å². The van der Waals surface area contributed by atoms with Crippen molar-refractivity contribution in [2.45, 2.75) is 28.1 Å². The summed E-state index contributed by atoms with van der Waals surface area (Å²) in [6, 6.07) is 61.5. The first-order chi connectivity index (χ1) is 25.4. The van der Waals surface area contributed by atoms with Crippen molar-refractivity contribution < 1.29 is 9.59 Å². The molecule has 0 aliphatic carbocycles. The van der Waals surface area contributed by atoms with Gasteiger partial charge in [0.05, 0.1) is 4.75 Å². The number of nitrogens with two attached hydrogens (primary N) is 1. The Morgan fingerprint density at radius 2 is 0.885 bits per heavy atom. The first-order valence-electron chi connectivity index (χ1n) is 17.5. The monoisotopic (exact) mass is 723 g/mol. The van der Waals surface area contributed by atoms with Crippen LogP contribution in [0, 0.1) is 0 Å². The minimum atomic E-state index is -3.07. The first kappa shape index (κ1) is 36.7. The maximum atomic E-state index is 14.8. The number of nitrogens with one attached hydrogen (secondary N) is 2. The van der Waals surface area contributed by atoms with E-state index < -0.39 is 25.1 Å². The normalized spacial score (nSPS) is 14.0. The number of hydrogen-bond acceptors (Lipinski definition) is 4. The zero-order chi connectivity index (χ0) is 36.4. The number of benzene rings is 6. The van der Waals surface area contributed by atoms with Crippen LogP contribution in [0.4, 0.5) is 0 Å². The highest BCUT2D eigenvalue weighted by Gasteiger charge is 2.56. The van der Waals surface area contributed by atoms with E-state index in [-0.39, 0.29) is 24.0 Å². The number of amides is 2. The van der Waals surface area contributed by atoms with E-state index in [1.165, 1.54) is 0 Å². The van der Waals surface area contributed by atoms with Crippen molar-refractivity contribution in [3.05, 3.63) is 215 Å². The molecule has 0 radical (unpaired) electrons. The van der Waals surface area contributed by atoms with Crippen molar-refractivity contribution in [1.82, 2.24) is 10.0 Å². The van der Waals surface area contributed by atoms with Gasteiger partial charge in [-0.1, -0.05) is 199 Å². The Labute approximate surface area is 313 Å². The summed E-state index contributed by atoms with van der Waals surface area (Å²) in [5, 5.41) is 10.2. The van der Waals surface area contributed by atoms with E-state index in [2.05, 4.69) is 119 Å². The topological polar surface area (TPSA) is 84.2 Å². The Bertz CT molecular complexity index is 1840. The second-order valence-electron chi connectivity index (χ2n) is 12.6. The van der Waals surface area contributed by atoms with Crippen molar-refractivity contribution in [2.75, 3.05) is 12.8 Å². The van der Waals surface area contributed by atoms with Crippen LogP contribution in [-0.4, -0.2) is 29.9 Å². The standard InChI is InChI=1S/C45H45N3O2S2/c1-3-42(49)48-52(46,45(38-28-16-7-17-29-38,39-30-18-8-19-31-39)40-32-20-9-21-33-40)41(43(50)47-2)34-51-44(35-22-10-4-11-23-35,36-24-12-5-13-25-36)37-26-14-6-15-27-37/h4-33,41H,3,34,46H2,1-2H3,(H,47,50)(H,48,49)/t41-/m0/s1. The van der Waals surface area contributed by atoms with Gasteiger partial charge in [0.15, 0.2) is 0 Å². The van der Waals surface area contributed by atoms with E-state index in [1.807, 2.05) is 79.7 Å². The summed E-state index contributed by atoms with van der Waals surface area (Å²) < 4.78 is 1.55. The lowest BCUT2D eigenvalue weighted by Crippen LogP contribution is -2.57. The van der Waals surface area contributed by atoms with Gasteiger partial charge in [0, 0.05) is 19.2 Å². The van der Waals surface area contributed by atoms with Crippen LogP contribution in [0.1, 0.15) is 46.7 Å². The predicted molar refractivity (Wildman–Crippen MR) is 219 cm³/mol. The third-order valence-electron chi connectivity index (χ3n) is 9.63. The molecule has 0 saturated heterocycles. The molecule has 4 N–H and O–H groups in total. The molecule has 2 atom stereocenters. The quantitative estimate of drug-likeness (QED) is 0.0981. The summed E-state index contributed by atoms with van der Waals surface area (Å²) in [5.41, 5.74) is 5.89. The zero-order valence-corrected chi connectivity index (χ0v) is 31.2. The fourth-order valence-corrected chi connectivity index (χ4v) is 13.0. The van der Waals surface area contributed by atoms with Crippen molar-refractivity contribution in [1.29, 1.82) is 0 Å². The molecule has 0 aliphatic rings. The Balaban J connectivity index is 1.66. The van der Waals surface area contributed by atoms with Gasteiger partial charge in [-0.3, -0.25) is 14.7 Å². The fraction of sp³-hybridized carbons (Fsp3) is 0.156. The molecule has 0 fully saturated rings. The fourth-order valence-electron chi connectivity index (χ4n) is 7.21. The molecule has 264 valence electrons. The summed E-state index contributed by atoms with van der Waals surface area (Å²) in [4.78, 5) is 28.7. The highest BCUT2D eigenvalue weighted by Crippen LogP contribution is 2.66. The average molecular weight is 724 g/mol. The molecule has 5 nitrogen and oxygen atoms in total. The third kappa shape index (κ3) is 6.80. The molecule has 2 amide bonds. The van der Waals surface area contributed by atoms with E-state index >= 15 is 0 Å². The highest BCUT2D eigenvalue weighted by atomic mass is 32.3. The lowest BCUT2D eigenvalue weighted by molar-refractivity contribution is -0.119. The van der Waals surface area contributed by atoms with Gasteiger partial charge in [0.25, 0.3) is 0 Å². The Kier molecular flexibility index (Phi) is 11.7. The number of thioether (sulfide) groups is 1. The molecule has 0 spiro atoms. The summed E-state index contributed by atoms with van der Waals surface area (Å²) in [5.74, 6) is -0.178. The van der Waals surface area contributed by atoms with Gasteiger partial charge in [0.2, 0.25) is 11.8 Å². The molecule has 52 heavy (non-hydrogen) atoms. The second-order valence-corrected chi connectivity index (χ2v) is 16.6. The van der Waals surface area contributed by atoms with E-state index in [4.69, 9.17) is 5.14 Å². The molecule has 0 saturated carbocycles. The van der Waals surface area contributed by atoms with Crippen LogP contribution < -0.4 is 15.2 Å². The van der Waals surface area contributed by atoms with E-state index in [1.54, 1.807) is 18.8 Å². The van der Waals surface area contributed by atoms with Crippen LogP contribution in [-0.2, 0) is 19.1 Å². The molecule has 0 heterocycles. The van der Waals surface area contributed by atoms with Crippen LogP contribution in [0.2, 0.25) is 0 Å². The molecule has 1 unspecified atom stereocenters. The molecule has 7 heteroatoms. The molecule has 0 aromatic heterocycles. The van der Waals surface area contributed by atoms with Crippen LogP contribution in [0.15, 0.2) is 182 Å². The maximum Gasteiger partial charge on any atom is 0.235 e. The third-order valence-corrected chi connectivity index (χ3v) is 15.0. The van der Waals surface area contributed by atoms with Crippen molar-refractivity contribution in [2.24, 2.45) is 5.14 Å². The van der Waals surface area contributed by atoms with E-state index in [0.29, 0.717) is 0 Å². The maximum absolute atomic E-state index is 14.8. The van der Waals surface area contributed by atoms with Gasteiger partial charge in [-0.05, 0) is 33.4 Å². The lowest BCUT2D eigenvalue weighted by Gasteiger charge is -2.57. The summed E-state index contributed by atoms with van der Waals surface area (Å²) in [7, 11) is -1.42. The second kappa shape index (κ2) is 16.5. The Morgan fingerprint density at radius 1 is 0.577 bits per heavy atom. The van der Waals surface area contributed by atoms with Crippen molar-refractivity contribution in [3.8, 4) is 0 Å². The number of carbonyl (C=O) groups is 2. The average Bonchev–Trinajstić information content (AvgIpc) is 3.22. The minimum Gasteiger partial charge on any atom is -0.358 e. The Morgan fingerprint density at radius 3 is 1.17 bits per heavy atom. The summed E-state index contributed by atoms with van der Waals surface area (Å²) in [6.07, 6.45) is 0.204. The minimum absolute atomic E-state index is 0.204. The molecule has 0 aliphatic heterocycles. The van der Waals surface area contributed by atoms with Gasteiger partial charge in [-0.25, -0.2) is 0 Å². The van der Waals surface area contributed by atoms with Gasteiger partial charge in [-0.2, -0.15) is 0 Å². The van der Waals surface area contributed by atoms with Gasteiger partial charge >= 0.3 is 0 Å². The molecular formula is C45H45N3O2S2. The van der Waals surface area contributed by atoms with Crippen LogP contribution in [0.5, 0.6) is 0 Å². The van der Waals surface area contributed by atoms with Gasteiger partial charge in [-0.15, -0.1) is 11.8 Å². The molecule has 0 bridgehead atoms. The Hall–Kier alpha value is -5.08. The SMILES string of the molecule is CCC(=O)NS(N)([C@@H](CSC(c1ccccc1)(c1ccccc1)c1ccccc1)C(=O)NC)C(c1ccccc1)(c1ccccc1)c1ccccc1. The van der Waals surface area contributed by atoms with Crippen LogP contribution >= 0.6 is 22.2 Å².